The molecule has 6 heteroatoms. The Hall–Kier alpha value is -1.27. The van der Waals surface area contributed by atoms with Gasteiger partial charge in [-0.2, -0.15) is 4.31 Å². The first-order chi connectivity index (χ1) is 9.00. The number of fused-ring (bicyclic) bond motifs is 1. The van der Waals surface area contributed by atoms with Crippen LogP contribution < -0.4 is 9.47 Å². The van der Waals surface area contributed by atoms with E-state index in [2.05, 4.69) is 0 Å². The molecular weight excluding hydrogens is 266 g/mol. The lowest BCUT2D eigenvalue weighted by Gasteiger charge is -2.23. The topological polar surface area (TPSA) is 55.8 Å². The van der Waals surface area contributed by atoms with Gasteiger partial charge in [0.2, 0.25) is 10.0 Å². The Morgan fingerprint density at radius 1 is 1.11 bits per heavy atom. The van der Waals surface area contributed by atoms with Crippen molar-refractivity contribution in [1.29, 1.82) is 0 Å². The Morgan fingerprint density at radius 3 is 2.16 bits per heavy atom. The van der Waals surface area contributed by atoms with Crippen molar-refractivity contribution >= 4 is 10.0 Å². The highest BCUT2D eigenvalue weighted by atomic mass is 32.2. The highest BCUT2D eigenvalue weighted by Crippen LogP contribution is 2.35. The first-order valence-electron chi connectivity index (χ1n) is 6.41. The van der Waals surface area contributed by atoms with E-state index < -0.39 is 10.0 Å². The van der Waals surface area contributed by atoms with E-state index in [0.29, 0.717) is 48.3 Å². The number of sulfonamides is 1. The maximum atomic E-state index is 12.5. The van der Waals surface area contributed by atoms with E-state index in [9.17, 15) is 8.42 Å². The second-order valence-electron chi connectivity index (χ2n) is 4.35. The molecule has 0 saturated heterocycles. The summed E-state index contributed by atoms with van der Waals surface area (Å²) in [6.07, 6.45) is 0. The van der Waals surface area contributed by atoms with Crippen LogP contribution in [0.15, 0.2) is 17.0 Å². The smallest absolute Gasteiger partial charge is 0.243 e. The summed E-state index contributed by atoms with van der Waals surface area (Å²) in [6.45, 7) is 7.27. The maximum Gasteiger partial charge on any atom is 0.243 e. The van der Waals surface area contributed by atoms with Gasteiger partial charge in [-0.05, 0) is 18.6 Å². The van der Waals surface area contributed by atoms with Gasteiger partial charge in [0.1, 0.15) is 13.2 Å². The summed E-state index contributed by atoms with van der Waals surface area (Å²) in [5, 5.41) is 0. The minimum absolute atomic E-state index is 0.292. The molecule has 0 bridgehead atoms. The summed E-state index contributed by atoms with van der Waals surface area (Å²) in [5.41, 5.74) is 0.677. The zero-order valence-corrected chi connectivity index (χ0v) is 12.3. The Labute approximate surface area is 114 Å². The number of ether oxygens (including phenoxy) is 2. The fraction of sp³-hybridized carbons (Fsp3) is 0.538. The van der Waals surface area contributed by atoms with E-state index in [1.165, 1.54) is 4.31 Å². The average Bonchev–Trinajstić information content (AvgIpc) is 2.38. The van der Waals surface area contributed by atoms with Gasteiger partial charge in [0, 0.05) is 19.2 Å². The zero-order valence-electron chi connectivity index (χ0n) is 11.5. The lowest BCUT2D eigenvalue weighted by Crippen LogP contribution is -2.31. The molecule has 0 aromatic heterocycles. The average molecular weight is 285 g/mol. The van der Waals surface area contributed by atoms with Gasteiger partial charge in [-0.1, -0.05) is 13.8 Å². The molecule has 1 aliphatic rings. The van der Waals surface area contributed by atoms with Gasteiger partial charge >= 0.3 is 0 Å². The molecule has 0 N–H and O–H groups in total. The minimum Gasteiger partial charge on any atom is -0.486 e. The first kappa shape index (κ1) is 14.1. The van der Waals surface area contributed by atoms with E-state index in [-0.39, 0.29) is 0 Å². The van der Waals surface area contributed by atoms with Crippen LogP contribution in [0.3, 0.4) is 0 Å². The van der Waals surface area contributed by atoms with Crippen molar-refractivity contribution in [3.05, 3.63) is 17.7 Å². The first-order valence-corrected chi connectivity index (χ1v) is 7.85. The van der Waals surface area contributed by atoms with Crippen LogP contribution in [-0.4, -0.2) is 39.0 Å². The Morgan fingerprint density at radius 2 is 1.63 bits per heavy atom. The van der Waals surface area contributed by atoms with Gasteiger partial charge in [0.25, 0.3) is 0 Å². The molecule has 1 aliphatic heterocycles. The van der Waals surface area contributed by atoms with Crippen molar-refractivity contribution in [1.82, 2.24) is 4.31 Å². The monoisotopic (exact) mass is 285 g/mol. The van der Waals surface area contributed by atoms with E-state index in [0.717, 1.165) is 0 Å². The van der Waals surface area contributed by atoms with Gasteiger partial charge in [0.15, 0.2) is 11.5 Å². The van der Waals surface area contributed by atoms with E-state index in [1.54, 1.807) is 19.1 Å². The molecule has 0 amide bonds. The molecule has 0 radical (unpaired) electrons. The molecule has 0 saturated carbocycles. The van der Waals surface area contributed by atoms with Gasteiger partial charge < -0.3 is 9.47 Å². The largest absolute Gasteiger partial charge is 0.486 e. The van der Waals surface area contributed by atoms with Crippen LogP contribution in [0.2, 0.25) is 0 Å². The second kappa shape index (κ2) is 5.38. The number of aryl methyl sites for hydroxylation is 1. The summed E-state index contributed by atoms with van der Waals surface area (Å²) in [4.78, 5) is 0.292. The number of rotatable bonds is 4. The van der Waals surface area contributed by atoms with Gasteiger partial charge in [0.05, 0.1) is 4.90 Å². The van der Waals surface area contributed by atoms with Crippen LogP contribution >= 0.6 is 0 Å². The molecule has 2 rings (SSSR count). The molecular formula is C13H19NO4S. The lowest BCUT2D eigenvalue weighted by atomic mass is 10.2. The van der Waals surface area contributed by atoms with Crippen molar-refractivity contribution in [3.8, 4) is 11.5 Å². The summed E-state index contributed by atoms with van der Waals surface area (Å²) < 4.78 is 37.4. The normalized spacial score (nSPS) is 14.7. The van der Waals surface area contributed by atoms with Crippen LogP contribution in [0.4, 0.5) is 0 Å². The minimum atomic E-state index is -3.47. The molecule has 0 atom stereocenters. The summed E-state index contributed by atoms with van der Waals surface area (Å²) in [6, 6.07) is 3.29. The van der Waals surface area contributed by atoms with Crippen molar-refractivity contribution in [2.75, 3.05) is 26.3 Å². The molecule has 5 nitrogen and oxygen atoms in total. The van der Waals surface area contributed by atoms with Gasteiger partial charge in [-0.25, -0.2) is 8.42 Å². The molecule has 0 spiro atoms. The highest BCUT2D eigenvalue weighted by molar-refractivity contribution is 7.89. The molecule has 1 aromatic carbocycles. The summed E-state index contributed by atoms with van der Waals surface area (Å²) >= 11 is 0. The van der Waals surface area contributed by atoms with Crippen LogP contribution in [0.5, 0.6) is 11.5 Å². The van der Waals surface area contributed by atoms with Crippen LogP contribution in [0.1, 0.15) is 19.4 Å². The third-order valence-electron chi connectivity index (χ3n) is 3.16. The Kier molecular flexibility index (Phi) is 4.01. The third kappa shape index (κ3) is 2.55. The van der Waals surface area contributed by atoms with Crippen LogP contribution in [0, 0.1) is 6.92 Å². The van der Waals surface area contributed by atoms with Crippen molar-refractivity contribution in [2.45, 2.75) is 25.7 Å². The number of hydrogen-bond donors (Lipinski definition) is 0. The zero-order chi connectivity index (χ0) is 14.0. The molecule has 0 aliphatic carbocycles. The van der Waals surface area contributed by atoms with Crippen molar-refractivity contribution in [2.24, 2.45) is 0 Å². The van der Waals surface area contributed by atoms with Gasteiger partial charge in [-0.3, -0.25) is 0 Å². The van der Waals surface area contributed by atoms with E-state index >= 15 is 0 Å². The standard InChI is InChI=1S/C13H19NO4S/c1-4-14(5-2)19(15,16)13-9-12-11(8-10(13)3)17-6-7-18-12/h8-9H,4-7H2,1-3H3. The fourth-order valence-electron chi connectivity index (χ4n) is 2.15. The molecule has 0 unspecified atom stereocenters. The maximum absolute atomic E-state index is 12.5. The molecule has 1 aromatic rings. The predicted molar refractivity (Wildman–Crippen MR) is 72.3 cm³/mol. The van der Waals surface area contributed by atoms with Crippen LogP contribution in [0.25, 0.3) is 0 Å². The Bertz CT molecular complexity index is 564. The fourth-order valence-corrected chi connectivity index (χ4v) is 3.83. The van der Waals surface area contributed by atoms with Crippen LogP contribution in [-0.2, 0) is 10.0 Å². The molecule has 106 valence electrons. The Balaban J connectivity index is 2.50. The highest BCUT2D eigenvalue weighted by Gasteiger charge is 2.26. The van der Waals surface area contributed by atoms with Gasteiger partial charge in [-0.15, -0.1) is 0 Å². The number of benzene rings is 1. The number of hydrogen-bond acceptors (Lipinski definition) is 4. The van der Waals surface area contributed by atoms with Crippen molar-refractivity contribution in [3.63, 3.8) is 0 Å². The molecule has 19 heavy (non-hydrogen) atoms. The summed E-state index contributed by atoms with van der Waals surface area (Å²) in [7, 11) is -3.47. The number of nitrogens with zero attached hydrogens (tertiary/aromatic N) is 1. The lowest BCUT2D eigenvalue weighted by molar-refractivity contribution is 0.171. The predicted octanol–water partition coefficient (Wildman–Crippen LogP) is 1.80. The SMILES string of the molecule is CCN(CC)S(=O)(=O)c1cc2c(cc1C)OCCO2. The molecule has 1 heterocycles. The third-order valence-corrected chi connectivity index (χ3v) is 5.35. The quantitative estimate of drug-likeness (QED) is 0.846. The van der Waals surface area contributed by atoms with E-state index in [4.69, 9.17) is 9.47 Å². The van der Waals surface area contributed by atoms with E-state index in [1.807, 2.05) is 13.8 Å². The molecule has 0 fully saturated rings. The summed E-state index contributed by atoms with van der Waals surface area (Å²) in [5.74, 6) is 1.12. The van der Waals surface area contributed by atoms with Crippen molar-refractivity contribution < 1.29 is 17.9 Å². The second-order valence-corrected chi connectivity index (χ2v) is 6.26.